The molecule has 0 saturated heterocycles. The summed E-state index contributed by atoms with van der Waals surface area (Å²) in [6.07, 6.45) is 1.79. The molecule has 1 aromatic carbocycles. The first-order valence-corrected chi connectivity index (χ1v) is 6.34. The summed E-state index contributed by atoms with van der Waals surface area (Å²) in [5.74, 6) is 0. The molecule has 0 amide bonds. The van der Waals surface area contributed by atoms with Crippen LogP contribution in [-0.4, -0.2) is 24.7 Å². The van der Waals surface area contributed by atoms with Crippen LogP contribution in [0.4, 0.5) is 0 Å². The summed E-state index contributed by atoms with van der Waals surface area (Å²) in [6.45, 7) is 3.54. The van der Waals surface area contributed by atoms with E-state index < -0.39 is 0 Å². The molecular formula is C14H17ClN2O. The van der Waals surface area contributed by atoms with Crippen LogP contribution in [0.15, 0.2) is 30.5 Å². The number of hydrogen-bond donors (Lipinski definition) is 1. The van der Waals surface area contributed by atoms with Crippen LogP contribution in [0.2, 0.25) is 5.02 Å². The fourth-order valence-corrected chi connectivity index (χ4v) is 2.15. The average Bonchev–Trinajstić information content (AvgIpc) is 2.39. The Morgan fingerprint density at radius 2 is 2.22 bits per heavy atom. The van der Waals surface area contributed by atoms with E-state index in [0.29, 0.717) is 12.6 Å². The Kier molecular flexibility index (Phi) is 4.53. The predicted molar refractivity (Wildman–Crippen MR) is 74.9 cm³/mol. The molecule has 0 aliphatic rings. The highest BCUT2D eigenvalue weighted by molar-refractivity contribution is 6.35. The van der Waals surface area contributed by atoms with Gasteiger partial charge in [0, 0.05) is 36.3 Å². The van der Waals surface area contributed by atoms with E-state index in [1.54, 1.807) is 13.3 Å². The lowest BCUT2D eigenvalue weighted by atomic mass is 10.1. The molecule has 1 N–H and O–H groups in total. The smallest absolute Gasteiger partial charge is 0.0761 e. The van der Waals surface area contributed by atoms with Crippen LogP contribution in [0, 0.1) is 0 Å². The summed E-state index contributed by atoms with van der Waals surface area (Å²) in [4.78, 5) is 4.41. The molecular weight excluding hydrogens is 248 g/mol. The van der Waals surface area contributed by atoms with Crippen molar-refractivity contribution in [2.45, 2.75) is 19.5 Å². The Balaban J connectivity index is 2.21. The zero-order valence-corrected chi connectivity index (χ0v) is 11.4. The highest BCUT2D eigenvalue weighted by atomic mass is 35.5. The van der Waals surface area contributed by atoms with Gasteiger partial charge in [0.15, 0.2) is 0 Å². The van der Waals surface area contributed by atoms with Crippen molar-refractivity contribution >= 4 is 22.5 Å². The number of benzene rings is 1. The minimum atomic E-state index is 0.310. The maximum absolute atomic E-state index is 6.16. The normalized spacial score (nSPS) is 12.8. The third kappa shape index (κ3) is 2.99. The number of rotatable bonds is 5. The molecule has 0 spiro atoms. The molecule has 1 atom stereocenters. The van der Waals surface area contributed by atoms with E-state index in [1.165, 1.54) is 0 Å². The van der Waals surface area contributed by atoms with Crippen molar-refractivity contribution in [3.63, 3.8) is 0 Å². The van der Waals surface area contributed by atoms with Gasteiger partial charge in [-0.25, -0.2) is 0 Å². The second kappa shape index (κ2) is 6.14. The lowest BCUT2D eigenvalue weighted by molar-refractivity contribution is 0.172. The summed E-state index contributed by atoms with van der Waals surface area (Å²) < 4.78 is 5.10. The number of ether oxygens (including phenoxy) is 1. The molecule has 0 bridgehead atoms. The van der Waals surface area contributed by atoms with Gasteiger partial charge in [0.1, 0.15) is 0 Å². The number of nitrogens with zero attached hydrogens (tertiary/aromatic N) is 1. The van der Waals surface area contributed by atoms with Crippen molar-refractivity contribution in [3.05, 3.63) is 41.0 Å². The minimum Gasteiger partial charge on any atom is -0.383 e. The van der Waals surface area contributed by atoms with Crippen molar-refractivity contribution in [1.29, 1.82) is 0 Å². The molecule has 0 radical (unpaired) electrons. The monoisotopic (exact) mass is 264 g/mol. The van der Waals surface area contributed by atoms with E-state index in [-0.39, 0.29) is 0 Å². The van der Waals surface area contributed by atoms with Crippen LogP contribution in [-0.2, 0) is 11.3 Å². The summed E-state index contributed by atoms with van der Waals surface area (Å²) in [5.41, 5.74) is 2.11. The van der Waals surface area contributed by atoms with E-state index in [9.17, 15) is 0 Å². The number of pyridine rings is 1. The van der Waals surface area contributed by atoms with Gasteiger partial charge in [-0.3, -0.25) is 4.98 Å². The maximum atomic E-state index is 6.16. The van der Waals surface area contributed by atoms with Gasteiger partial charge < -0.3 is 10.1 Å². The molecule has 0 aliphatic carbocycles. The highest BCUT2D eigenvalue weighted by Gasteiger charge is 2.07. The molecule has 4 heteroatoms. The van der Waals surface area contributed by atoms with Crippen LogP contribution >= 0.6 is 11.6 Å². The van der Waals surface area contributed by atoms with Gasteiger partial charge in [-0.1, -0.05) is 17.7 Å². The predicted octanol–water partition coefficient (Wildman–Crippen LogP) is 3.01. The average molecular weight is 265 g/mol. The fraction of sp³-hybridized carbons (Fsp3) is 0.357. The molecule has 2 rings (SSSR count). The number of methoxy groups -OCH3 is 1. The maximum Gasteiger partial charge on any atom is 0.0761 e. The molecule has 18 heavy (non-hydrogen) atoms. The Morgan fingerprint density at radius 3 is 3.00 bits per heavy atom. The number of fused-ring (bicyclic) bond motifs is 1. The minimum absolute atomic E-state index is 0.310. The summed E-state index contributed by atoms with van der Waals surface area (Å²) in [6, 6.07) is 8.14. The molecule has 1 unspecified atom stereocenters. The first kappa shape index (κ1) is 13.3. The molecule has 0 fully saturated rings. The molecule has 0 aliphatic heterocycles. The molecule has 3 nitrogen and oxygen atoms in total. The van der Waals surface area contributed by atoms with Crippen molar-refractivity contribution < 1.29 is 4.74 Å². The van der Waals surface area contributed by atoms with Crippen molar-refractivity contribution in [2.75, 3.05) is 13.7 Å². The van der Waals surface area contributed by atoms with Crippen LogP contribution in [0.25, 0.3) is 10.9 Å². The summed E-state index contributed by atoms with van der Waals surface area (Å²) in [7, 11) is 1.71. The van der Waals surface area contributed by atoms with E-state index in [4.69, 9.17) is 16.3 Å². The first-order valence-electron chi connectivity index (χ1n) is 5.97. The standard InChI is InChI=1S/C14H17ClN2O/c1-10(9-18-2)17-8-11-5-6-13(15)12-4-3-7-16-14(11)12/h3-7,10,17H,8-9H2,1-2H3. The van der Waals surface area contributed by atoms with Gasteiger partial charge in [-0.2, -0.15) is 0 Å². The van der Waals surface area contributed by atoms with E-state index >= 15 is 0 Å². The Bertz CT molecular complexity index is 530. The SMILES string of the molecule is COCC(C)NCc1ccc(Cl)c2cccnc12. The van der Waals surface area contributed by atoms with Crippen molar-refractivity contribution in [3.8, 4) is 0 Å². The molecule has 1 heterocycles. The number of halogens is 1. The second-order valence-corrected chi connectivity index (χ2v) is 4.75. The quantitative estimate of drug-likeness (QED) is 0.901. The topological polar surface area (TPSA) is 34.1 Å². The Labute approximate surface area is 112 Å². The van der Waals surface area contributed by atoms with Gasteiger partial charge in [-0.05, 0) is 30.7 Å². The highest BCUT2D eigenvalue weighted by Crippen LogP contribution is 2.24. The van der Waals surface area contributed by atoms with Gasteiger partial charge in [-0.15, -0.1) is 0 Å². The zero-order chi connectivity index (χ0) is 13.0. The van der Waals surface area contributed by atoms with Crippen LogP contribution in [0.3, 0.4) is 0 Å². The van der Waals surface area contributed by atoms with Crippen LogP contribution in [0.5, 0.6) is 0 Å². The van der Waals surface area contributed by atoms with Gasteiger partial charge >= 0.3 is 0 Å². The van der Waals surface area contributed by atoms with Crippen LogP contribution < -0.4 is 5.32 Å². The van der Waals surface area contributed by atoms with E-state index in [1.807, 2.05) is 24.3 Å². The Hall–Kier alpha value is -1.16. The second-order valence-electron chi connectivity index (χ2n) is 4.34. The molecule has 1 aromatic heterocycles. The third-order valence-corrected chi connectivity index (χ3v) is 3.19. The number of aromatic nitrogens is 1. The van der Waals surface area contributed by atoms with E-state index in [0.717, 1.165) is 28.0 Å². The lowest BCUT2D eigenvalue weighted by Gasteiger charge is -2.13. The summed E-state index contributed by atoms with van der Waals surface area (Å²) in [5, 5.41) is 5.14. The lowest BCUT2D eigenvalue weighted by Crippen LogP contribution is -2.29. The molecule has 0 saturated carbocycles. The third-order valence-electron chi connectivity index (χ3n) is 2.86. The largest absolute Gasteiger partial charge is 0.383 e. The van der Waals surface area contributed by atoms with E-state index in [2.05, 4.69) is 17.2 Å². The summed E-state index contributed by atoms with van der Waals surface area (Å²) >= 11 is 6.16. The zero-order valence-electron chi connectivity index (χ0n) is 10.6. The van der Waals surface area contributed by atoms with Crippen LogP contribution in [0.1, 0.15) is 12.5 Å². The van der Waals surface area contributed by atoms with Gasteiger partial charge in [0.25, 0.3) is 0 Å². The molecule has 2 aromatic rings. The first-order chi connectivity index (χ1) is 8.72. The Morgan fingerprint density at radius 1 is 1.39 bits per heavy atom. The molecule has 96 valence electrons. The van der Waals surface area contributed by atoms with Gasteiger partial charge in [0.2, 0.25) is 0 Å². The fourth-order valence-electron chi connectivity index (χ4n) is 1.93. The van der Waals surface area contributed by atoms with Gasteiger partial charge in [0.05, 0.1) is 12.1 Å². The van der Waals surface area contributed by atoms with Crippen molar-refractivity contribution in [1.82, 2.24) is 10.3 Å². The van der Waals surface area contributed by atoms with Crippen molar-refractivity contribution in [2.24, 2.45) is 0 Å². The number of nitrogens with one attached hydrogen (secondary N) is 1. The number of hydrogen-bond acceptors (Lipinski definition) is 3.